The summed E-state index contributed by atoms with van der Waals surface area (Å²) in [6.07, 6.45) is 3.70. The summed E-state index contributed by atoms with van der Waals surface area (Å²) in [7, 11) is 3.51. The Bertz CT molecular complexity index is 238. The lowest BCUT2D eigenvalue weighted by Gasteiger charge is -2.49. The molecule has 0 saturated heterocycles. The third-order valence-corrected chi connectivity index (χ3v) is 4.73. The van der Waals surface area contributed by atoms with Gasteiger partial charge in [-0.2, -0.15) is 0 Å². The van der Waals surface area contributed by atoms with Gasteiger partial charge in [-0.05, 0) is 18.3 Å². The predicted molar refractivity (Wildman–Crippen MR) is 74.7 cm³/mol. The molecular formula is C14H30N2O2. The molecule has 0 aromatic rings. The van der Waals surface area contributed by atoms with E-state index in [9.17, 15) is 0 Å². The van der Waals surface area contributed by atoms with E-state index in [0.717, 1.165) is 26.3 Å². The molecule has 0 aliphatic heterocycles. The molecule has 0 amide bonds. The van der Waals surface area contributed by atoms with Crippen molar-refractivity contribution in [1.29, 1.82) is 0 Å². The van der Waals surface area contributed by atoms with Crippen LogP contribution in [0.25, 0.3) is 0 Å². The number of rotatable bonds is 8. The lowest BCUT2D eigenvalue weighted by molar-refractivity contribution is -0.0161. The van der Waals surface area contributed by atoms with Crippen LogP contribution in [-0.4, -0.2) is 57.5 Å². The van der Waals surface area contributed by atoms with E-state index in [1.807, 2.05) is 0 Å². The Hall–Kier alpha value is -0.160. The molecule has 0 aromatic carbocycles. The molecule has 1 saturated carbocycles. The van der Waals surface area contributed by atoms with Gasteiger partial charge in [0, 0.05) is 39.4 Å². The van der Waals surface area contributed by atoms with Gasteiger partial charge in [0.15, 0.2) is 0 Å². The van der Waals surface area contributed by atoms with Crippen molar-refractivity contribution in [3.05, 3.63) is 0 Å². The van der Waals surface area contributed by atoms with Gasteiger partial charge < -0.3 is 15.2 Å². The molecule has 1 aliphatic rings. The zero-order valence-electron chi connectivity index (χ0n) is 12.5. The van der Waals surface area contributed by atoms with Gasteiger partial charge in [0.2, 0.25) is 0 Å². The summed E-state index contributed by atoms with van der Waals surface area (Å²) in [6, 6.07) is 0. The molecule has 0 aromatic heterocycles. The van der Waals surface area contributed by atoms with E-state index in [2.05, 4.69) is 18.7 Å². The molecule has 1 unspecified atom stereocenters. The van der Waals surface area contributed by atoms with Crippen LogP contribution in [0.15, 0.2) is 0 Å². The maximum atomic E-state index is 6.17. The van der Waals surface area contributed by atoms with E-state index in [-0.39, 0.29) is 11.0 Å². The van der Waals surface area contributed by atoms with Crippen LogP contribution in [0.2, 0.25) is 0 Å². The van der Waals surface area contributed by atoms with Crippen molar-refractivity contribution in [2.75, 3.05) is 47.1 Å². The highest BCUT2D eigenvalue weighted by Gasteiger charge is 2.51. The van der Waals surface area contributed by atoms with E-state index in [4.69, 9.17) is 15.2 Å². The van der Waals surface area contributed by atoms with Gasteiger partial charge >= 0.3 is 0 Å². The molecule has 1 atom stereocenters. The molecule has 4 nitrogen and oxygen atoms in total. The molecule has 4 heteroatoms. The van der Waals surface area contributed by atoms with E-state index < -0.39 is 0 Å². The fourth-order valence-electron chi connectivity index (χ4n) is 3.43. The quantitative estimate of drug-likeness (QED) is 0.716. The van der Waals surface area contributed by atoms with E-state index in [0.29, 0.717) is 6.54 Å². The SMILES string of the molecule is COCCN(CCOC)C1(CN)CCCC1(C)C. The summed E-state index contributed by atoms with van der Waals surface area (Å²) >= 11 is 0. The Balaban J connectivity index is 2.84. The Morgan fingerprint density at radius 2 is 1.61 bits per heavy atom. The van der Waals surface area contributed by atoms with E-state index in [1.54, 1.807) is 14.2 Å². The molecule has 0 spiro atoms. The Morgan fingerprint density at radius 3 is 1.94 bits per heavy atom. The van der Waals surface area contributed by atoms with Gasteiger partial charge in [-0.25, -0.2) is 0 Å². The second-order valence-corrected chi connectivity index (χ2v) is 5.95. The van der Waals surface area contributed by atoms with Crippen LogP contribution in [0.4, 0.5) is 0 Å². The van der Waals surface area contributed by atoms with Crippen LogP contribution < -0.4 is 5.73 Å². The number of nitrogens with zero attached hydrogens (tertiary/aromatic N) is 1. The average molecular weight is 258 g/mol. The highest BCUT2D eigenvalue weighted by molar-refractivity contribution is 5.07. The third-order valence-electron chi connectivity index (χ3n) is 4.73. The van der Waals surface area contributed by atoms with Crippen molar-refractivity contribution >= 4 is 0 Å². The average Bonchev–Trinajstić information content (AvgIpc) is 2.65. The fraction of sp³-hybridized carbons (Fsp3) is 1.00. The number of hydrogen-bond acceptors (Lipinski definition) is 4. The Labute approximate surface area is 112 Å². The van der Waals surface area contributed by atoms with Crippen LogP contribution >= 0.6 is 0 Å². The first-order valence-electron chi connectivity index (χ1n) is 6.97. The summed E-state index contributed by atoms with van der Waals surface area (Å²) < 4.78 is 10.5. The lowest BCUT2D eigenvalue weighted by Crippen LogP contribution is -2.61. The molecular weight excluding hydrogens is 228 g/mol. The van der Waals surface area contributed by atoms with Gasteiger partial charge in [0.1, 0.15) is 0 Å². The molecule has 18 heavy (non-hydrogen) atoms. The van der Waals surface area contributed by atoms with Crippen LogP contribution in [0.1, 0.15) is 33.1 Å². The standard InChI is InChI=1S/C14H30N2O2/c1-13(2)6-5-7-14(13,12-15)16(8-10-17-3)9-11-18-4/h5-12,15H2,1-4H3. The van der Waals surface area contributed by atoms with Gasteiger partial charge in [0.25, 0.3) is 0 Å². The van der Waals surface area contributed by atoms with Crippen molar-refractivity contribution in [3.63, 3.8) is 0 Å². The highest BCUT2D eigenvalue weighted by atomic mass is 16.5. The monoisotopic (exact) mass is 258 g/mol. The fourth-order valence-corrected chi connectivity index (χ4v) is 3.43. The van der Waals surface area contributed by atoms with Gasteiger partial charge in [-0.1, -0.05) is 20.3 Å². The summed E-state index contributed by atoms with van der Waals surface area (Å²) in [4.78, 5) is 2.49. The summed E-state index contributed by atoms with van der Waals surface area (Å²) in [5.41, 5.74) is 6.53. The summed E-state index contributed by atoms with van der Waals surface area (Å²) in [6.45, 7) is 8.77. The molecule has 2 N–H and O–H groups in total. The first-order chi connectivity index (χ1) is 8.54. The largest absolute Gasteiger partial charge is 0.383 e. The van der Waals surface area contributed by atoms with Gasteiger partial charge in [-0.3, -0.25) is 4.90 Å². The summed E-state index contributed by atoms with van der Waals surface area (Å²) in [5, 5.41) is 0. The Morgan fingerprint density at radius 1 is 1.06 bits per heavy atom. The molecule has 108 valence electrons. The first-order valence-corrected chi connectivity index (χ1v) is 6.97. The van der Waals surface area contributed by atoms with Crippen molar-refractivity contribution in [2.24, 2.45) is 11.1 Å². The molecule has 0 radical (unpaired) electrons. The Kier molecular flexibility index (Phi) is 6.05. The number of nitrogens with two attached hydrogens (primary N) is 1. The third kappa shape index (κ3) is 3.05. The zero-order chi connectivity index (χ0) is 13.6. The van der Waals surface area contributed by atoms with Crippen molar-refractivity contribution in [1.82, 2.24) is 4.90 Å². The van der Waals surface area contributed by atoms with Crippen LogP contribution in [-0.2, 0) is 9.47 Å². The molecule has 1 rings (SSSR count). The zero-order valence-corrected chi connectivity index (χ0v) is 12.5. The number of ether oxygens (including phenoxy) is 2. The van der Waals surface area contributed by atoms with E-state index >= 15 is 0 Å². The topological polar surface area (TPSA) is 47.7 Å². The van der Waals surface area contributed by atoms with Crippen LogP contribution in [0.3, 0.4) is 0 Å². The number of hydrogen-bond donors (Lipinski definition) is 1. The predicted octanol–water partition coefficient (Wildman–Crippen LogP) is 1.49. The molecule has 0 bridgehead atoms. The molecule has 0 heterocycles. The van der Waals surface area contributed by atoms with Gasteiger partial charge in [-0.15, -0.1) is 0 Å². The van der Waals surface area contributed by atoms with Crippen LogP contribution in [0.5, 0.6) is 0 Å². The van der Waals surface area contributed by atoms with Crippen molar-refractivity contribution in [2.45, 2.75) is 38.6 Å². The minimum Gasteiger partial charge on any atom is -0.383 e. The maximum Gasteiger partial charge on any atom is 0.0589 e. The normalized spacial score (nSPS) is 27.0. The lowest BCUT2D eigenvalue weighted by atomic mass is 9.73. The first kappa shape index (κ1) is 15.9. The van der Waals surface area contributed by atoms with Crippen molar-refractivity contribution < 1.29 is 9.47 Å². The number of methoxy groups -OCH3 is 2. The second-order valence-electron chi connectivity index (χ2n) is 5.95. The molecule has 1 aliphatic carbocycles. The highest BCUT2D eigenvalue weighted by Crippen LogP contribution is 2.48. The van der Waals surface area contributed by atoms with Crippen molar-refractivity contribution in [3.8, 4) is 0 Å². The minimum absolute atomic E-state index is 0.101. The van der Waals surface area contributed by atoms with Crippen LogP contribution in [0, 0.1) is 5.41 Å². The molecule has 1 fully saturated rings. The second kappa shape index (κ2) is 6.85. The smallest absolute Gasteiger partial charge is 0.0589 e. The minimum atomic E-state index is 0.101. The van der Waals surface area contributed by atoms with Gasteiger partial charge in [0.05, 0.1) is 13.2 Å². The summed E-state index contributed by atoms with van der Waals surface area (Å²) in [5.74, 6) is 0. The maximum absolute atomic E-state index is 6.17. The van der Waals surface area contributed by atoms with E-state index in [1.165, 1.54) is 19.3 Å².